The second-order valence-corrected chi connectivity index (χ2v) is 2.09. The first kappa shape index (κ1) is 9.80. The molecule has 0 fully saturated rings. The Kier molecular flexibility index (Phi) is 3.20. The highest BCUT2D eigenvalue weighted by Crippen LogP contribution is 2.12. The molecule has 0 aliphatic rings. The maximum absolute atomic E-state index is 8.75. The minimum Gasteiger partial charge on any atom is -0.382 e. The summed E-state index contributed by atoms with van der Waals surface area (Å²) in [7, 11) is 0. The van der Waals surface area contributed by atoms with Gasteiger partial charge in [0, 0.05) is 6.42 Å². The van der Waals surface area contributed by atoms with Crippen molar-refractivity contribution in [1.29, 1.82) is 0 Å². The lowest BCUT2D eigenvalue weighted by Crippen LogP contribution is -2.48. The van der Waals surface area contributed by atoms with Gasteiger partial charge in [0.1, 0.15) is 0 Å². The van der Waals surface area contributed by atoms with Crippen LogP contribution in [0, 0.1) is 0 Å². The van der Waals surface area contributed by atoms with E-state index in [0.29, 0.717) is 0 Å². The predicted octanol–water partition coefficient (Wildman–Crippen LogP) is -2.25. The van der Waals surface area contributed by atoms with Gasteiger partial charge in [0.05, 0.1) is 0 Å². The van der Waals surface area contributed by atoms with E-state index >= 15 is 0 Å². The Balaban J connectivity index is 4.03. The van der Waals surface area contributed by atoms with Crippen LogP contribution in [0.4, 0.5) is 0 Å². The van der Waals surface area contributed by atoms with Crippen LogP contribution >= 0.6 is 0 Å². The first-order chi connectivity index (χ1) is 4.41. The minimum absolute atomic E-state index is 0.175. The molecule has 0 saturated heterocycles. The summed E-state index contributed by atoms with van der Waals surface area (Å²) in [5.41, 5.74) is 0. The molecule has 0 amide bonds. The van der Waals surface area contributed by atoms with Crippen LogP contribution in [0.2, 0.25) is 0 Å². The van der Waals surface area contributed by atoms with Gasteiger partial charge in [-0.1, -0.05) is 6.92 Å². The third kappa shape index (κ3) is 2.20. The lowest BCUT2D eigenvalue weighted by molar-refractivity contribution is -0.279. The van der Waals surface area contributed by atoms with Crippen LogP contribution in [0.15, 0.2) is 0 Å². The summed E-state index contributed by atoms with van der Waals surface area (Å²) in [5.74, 6) is -2.42. The van der Waals surface area contributed by atoms with E-state index in [4.69, 9.17) is 25.5 Å². The fourth-order valence-electron chi connectivity index (χ4n) is 0.448. The van der Waals surface area contributed by atoms with E-state index in [-0.39, 0.29) is 6.42 Å². The summed E-state index contributed by atoms with van der Waals surface area (Å²) >= 11 is 0. The molecule has 62 valence electrons. The van der Waals surface area contributed by atoms with E-state index in [1.165, 1.54) is 6.92 Å². The molecule has 5 nitrogen and oxygen atoms in total. The lowest BCUT2D eigenvalue weighted by atomic mass is 10.1. The molecular formula is C5H12O5. The van der Waals surface area contributed by atoms with E-state index in [1.54, 1.807) is 0 Å². The zero-order valence-electron chi connectivity index (χ0n) is 5.60. The summed E-state index contributed by atoms with van der Waals surface area (Å²) in [6, 6.07) is 0. The van der Waals surface area contributed by atoms with Crippen molar-refractivity contribution in [1.82, 2.24) is 0 Å². The van der Waals surface area contributed by atoms with Gasteiger partial charge in [-0.2, -0.15) is 0 Å². The van der Waals surface area contributed by atoms with Crippen molar-refractivity contribution in [2.75, 3.05) is 0 Å². The molecule has 0 spiro atoms. The number of aliphatic hydroxyl groups is 5. The average Bonchev–Trinajstić information content (AvgIpc) is 1.86. The van der Waals surface area contributed by atoms with Crippen molar-refractivity contribution >= 4 is 0 Å². The SMILES string of the molecule is CCC(O)(O)C(O)C(O)O. The molecule has 10 heavy (non-hydrogen) atoms. The monoisotopic (exact) mass is 152 g/mol. The van der Waals surface area contributed by atoms with Gasteiger partial charge in [-0.05, 0) is 0 Å². The normalized spacial score (nSPS) is 15.9. The number of rotatable bonds is 3. The summed E-state index contributed by atoms with van der Waals surface area (Å²) in [5, 5.41) is 42.7. The van der Waals surface area contributed by atoms with E-state index in [2.05, 4.69) is 0 Å². The van der Waals surface area contributed by atoms with Crippen LogP contribution in [0.25, 0.3) is 0 Å². The molecule has 0 aromatic heterocycles. The van der Waals surface area contributed by atoms with Crippen LogP contribution in [-0.2, 0) is 0 Å². The van der Waals surface area contributed by atoms with Crippen molar-refractivity contribution in [2.45, 2.75) is 31.5 Å². The standard InChI is InChI=1S/C5H12O5/c1-2-5(9,10)3(6)4(7)8/h3-4,6-10H,2H2,1H3. The second-order valence-electron chi connectivity index (χ2n) is 2.09. The quantitative estimate of drug-likeness (QED) is 0.294. The first-order valence-corrected chi connectivity index (χ1v) is 2.90. The fourth-order valence-corrected chi connectivity index (χ4v) is 0.448. The molecular weight excluding hydrogens is 140 g/mol. The summed E-state index contributed by atoms with van der Waals surface area (Å²) in [6.07, 6.45) is -4.25. The van der Waals surface area contributed by atoms with Crippen molar-refractivity contribution in [2.24, 2.45) is 0 Å². The second kappa shape index (κ2) is 3.27. The fraction of sp³-hybridized carbons (Fsp3) is 1.00. The lowest BCUT2D eigenvalue weighted by Gasteiger charge is -2.26. The molecule has 1 atom stereocenters. The van der Waals surface area contributed by atoms with E-state index in [1.807, 2.05) is 0 Å². The van der Waals surface area contributed by atoms with Crippen molar-refractivity contribution < 1.29 is 25.5 Å². The van der Waals surface area contributed by atoms with Crippen molar-refractivity contribution in [3.8, 4) is 0 Å². The molecule has 0 radical (unpaired) electrons. The summed E-state index contributed by atoms with van der Waals surface area (Å²) in [6.45, 7) is 1.39. The Labute approximate surface area is 58.2 Å². The highest BCUT2D eigenvalue weighted by molar-refractivity contribution is 4.74. The van der Waals surface area contributed by atoms with Crippen LogP contribution in [0.1, 0.15) is 13.3 Å². The Hall–Kier alpha value is -0.200. The van der Waals surface area contributed by atoms with Gasteiger partial charge < -0.3 is 25.5 Å². The first-order valence-electron chi connectivity index (χ1n) is 2.90. The van der Waals surface area contributed by atoms with Crippen LogP contribution in [0.5, 0.6) is 0 Å². The number of aliphatic hydroxyl groups excluding tert-OH is 2. The van der Waals surface area contributed by atoms with Gasteiger partial charge in [0.15, 0.2) is 18.2 Å². The van der Waals surface area contributed by atoms with Gasteiger partial charge in [0.2, 0.25) is 0 Å². The van der Waals surface area contributed by atoms with Gasteiger partial charge in [-0.3, -0.25) is 0 Å². The third-order valence-electron chi connectivity index (χ3n) is 1.28. The highest BCUT2D eigenvalue weighted by Gasteiger charge is 2.35. The average molecular weight is 152 g/mol. The molecule has 0 rings (SSSR count). The molecule has 5 N–H and O–H groups in total. The largest absolute Gasteiger partial charge is 0.382 e. The molecule has 1 unspecified atom stereocenters. The molecule has 0 heterocycles. The van der Waals surface area contributed by atoms with Gasteiger partial charge in [-0.25, -0.2) is 0 Å². The molecule has 0 aliphatic carbocycles. The van der Waals surface area contributed by atoms with E-state index in [9.17, 15) is 0 Å². The molecule has 0 aromatic rings. The minimum atomic E-state index is -2.42. The molecule has 0 aliphatic heterocycles. The smallest absolute Gasteiger partial charge is 0.194 e. The maximum Gasteiger partial charge on any atom is 0.194 e. The zero-order valence-corrected chi connectivity index (χ0v) is 5.60. The Bertz CT molecular complexity index is 100. The van der Waals surface area contributed by atoms with Crippen LogP contribution in [0.3, 0.4) is 0 Å². The topological polar surface area (TPSA) is 101 Å². The molecule has 0 aromatic carbocycles. The van der Waals surface area contributed by atoms with E-state index < -0.39 is 18.2 Å². The predicted molar refractivity (Wildman–Crippen MR) is 31.7 cm³/mol. The number of hydrogen-bond donors (Lipinski definition) is 5. The van der Waals surface area contributed by atoms with Gasteiger partial charge >= 0.3 is 0 Å². The van der Waals surface area contributed by atoms with Crippen molar-refractivity contribution in [3.63, 3.8) is 0 Å². The molecule has 0 saturated carbocycles. The Morgan fingerprint density at radius 2 is 1.60 bits per heavy atom. The van der Waals surface area contributed by atoms with Crippen molar-refractivity contribution in [3.05, 3.63) is 0 Å². The third-order valence-corrected chi connectivity index (χ3v) is 1.28. The summed E-state index contributed by atoms with van der Waals surface area (Å²) in [4.78, 5) is 0. The molecule has 0 bridgehead atoms. The van der Waals surface area contributed by atoms with E-state index in [0.717, 1.165) is 0 Å². The maximum atomic E-state index is 8.75. The van der Waals surface area contributed by atoms with Crippen LogP contribution in [-0.4, -0.2) is 43.7 Å². The zero-order chi connectivity index (χ0) is 8.36. The summed E-state index contributed by atoms with van der Waals surface area (Å²) < 4.78 is 0. The van der Waals surface area contributed by atoms with Gasteiger partial charge in [0.25, 0.3) is 0 Å². The van der Waals surface area contributed by atoms with Crippen LogP contribution < -0.4 is 0 Å². The Morgan fingerprint density at radius 1 is 1.20 bits per heavy atom. The Morgan fingerprint density at radius 3 is 1.70 bits per heavy atom. The molecule has 5 heteroatoms. The van der Waals surface area contributed by atoms with Gasteiger partial charge in [-0.15, -0.1) is 0 Å². The number of hydrogen-bond acceptors (Lipinski definition) is 5. The highest BCUT2D eigenvalue weighted by atomic mass is 16.6.